The number of H-pyrrole nitrogens is 1. The summed E-state index contributed by atoms with van der Waals surface area (Å²) in [5, 5.41) is 7.55. The minimum Gasteiger partial charge on any atom is -0.378 e. The third-order valence-corrected chi connectivity index (χ3v) is 6.42. The van der Waals surface area contributed by atoms with E-state index in [2.05, 4.69) is 32.7 Å². The predicted octanol–water partition coefficient (Wildman–Crippen LogP) is 4.41. The van der Waals surface area contributed by atoms with E-state index in [0.29, 0.717) is 40.3 Å². The molecule has 8 heteroatoms. The van der Waals surface area contributed by atoms with Crippen LogP contribution in [0.3, 0.4) is 0 Å². The highest BCUT2D eigenvalue weighted by molar-refractivity contribution is 6.35. The van der Waals surface area contributed by atoms with Crippen LogP contribution in [-0.2, 0) is 11.3 Å². The highest BCUT2D eigenvalue weighted by atomic mass is 35.5. The average Bonchev–Trinajstić information content (AvgIpc) is 3.23. The van der Waals surface area contributed by atoms with Crippen molar-refractivity contribution < 1.29 is 13.9 Å². The summed E-state index contributed by atoms with van der Waals surface area (Å²) in [7, 11) is 0. The lowest BCUT2D eigenvalue weighted by Gasteiger charge is -2.31. The van der Waals surface area contributed by atoms with E-state index in [0.717, 1.165) is 17.8 Å². The number of benzene rings is 2. The van der Waals surface area contributed by atoms with Gasteiger partial charge in [-0.1, -0.05) is 41.9 Å². The Morgan fingerprint density at radius 3 is 2.88 bits per heavy atom. The molecule has 1 saturated heterocycles. The Labute approximate surface area is 201 Å². The summed E-state index contributed by atoms with van der Waals surface area (Å²) in [4.78, 5) is 20.5. The molecule has 34 heavy (non-hydrogen) atoms. The van der Waals surface area contributed by atoms with Gasteiger partial charge in [-0.25, -0.2) is 4.39 Å². The fourth-order valence-corrected chi connectivity index (χ4v) is 4.61. The Bertz CT molecular complexity index is 1300. The van der Waals surface area contributed by atoms with E-state index in [1.165, 1.54) is 6.07 Å². The van der Waals surface area contributed by atoms with Gasteiger partial charge in [0.05, 0.1) is 23.9 Å². The Hall–Kier alpha value is -3.26. The van der Waals surface area contributed by atoms with Crippen molar-refractivity contribution in [1.29, 1.82) is 0 Å². The highest BCUT2D eigenvalue weighted by Crippen LogP contribution is 2.29. The first-order valence-corrected chi connectivity index (χ1v) is 11.5. The van der Waals surface area contributed by atoms with Crippen molar-refractivity contribution in [1.82, 2.24) is 20.6 Å². The monoisotopic (exact) mass is 478 g/mol. The molecule has 0 radical (unpaired) electrons. The highest BCUT2D eigenvalue weighted by Gasteiger charge is 2.28. The molecular formula is C26H24ClFN4O2. The first kappa shape index (κ1) is 22.5. The SMILES string of the molecule is O=C(NCc1cc2c(Cl)c[nH]c2cc1F)c1ccnc(C(c2ccccc2)C2COCCN2)c1. The van der Waals surface area contributed by atoms with Crippen LogP contribution < -0.4 is 10.6 Å². The molecule has 1 aliphatic rings. The summed E-state index contributed by atoms with van der Waals surface area (Å²) >= 11 is 6.16. The van der Waals surface area contributed by atoms with Crippen molar-refractivity contribution >= 4 is 28.4 Å². The molecule has 5 rings (SSSR count). The number of amides is 1. The number of carbonyl (C=O) groups is 1. The molecular weight excluding hydrogens is 455 g/mol. The number of aromatic amines is 1. The van der Waals surface area contributed by atoms with Gasteiger partial charge in [-0.3, -0.25) is 9.78 Å². The minimum absolute atomic E-state index is 0.0360. The quantitative estimate of drug-likeness (QED) is 0.383. The average molecular weight is 479 g/mol. The Morgan fingerprint density at radius 2 is 2.09 bits per heavy atom. The molecule has 3 N–H and O–H groups in total. The minimum atomic E-state index is -0.408. The van der Waals surface area contributed by atoms with Crippen molar-refractivity contribution in [3.63, 3.8) is 0 Å². The number of pyridine rings is 1. The molecule has 0 spiro atoms. The first-order chi connectivity index (χ1) is 16.6. The first-order valence-electron chi connectivity index (χ1n) is 11.2. The molecule has 2 atom stereocenters. The lowest BCUT2D eigenvalue weighted by Crippen LogP contribution is -2.45. The van der Waals surface area contributed by atoms with Crippen LogP contribution in [0.4, 0.5) is 4.39 Å². The fraction of sp³-hybridized carbons (Fsp3) is 0.231. The van der Waals surface area contributed by atoms with Crippen molar-refractivity contribution in [3.8, 4) is 0 Å². The van der Waals surface area contributed by atoms with Crippen LogP contribution in [0.15, 0.2) is 67.0 Å². The van der Waals surface area contributed by atoms with Gasteiger partial charge in [0.15, 0.2) is 0 Å². The van der Waals surface area contributed by atoms with Gasteiger partial charge in [0.2, 0.25) is 0 Å². The van der Waals surface area contributed by atoms with E-state index >= 15 is 0 Å². The number of aromatic nitrogens is 2. The van der Waals surface area contributed by atoms with Gasteiger partial charge >= 0.3 is 0 Å². The number of hydrogen-bond acceptors (Lipinski definition) is 4. The predicted molar refractivity (Wildman–Crippen MR) is 130 cm³/mol. The smallest absolute Gasteiger partial charge is 0.251 e. The van der Waals surface area contributed by atoms with Gasteiger partial charge in [0, 0.05) is 59.5 Å². The Morgan fingerprint density at radius 1 is 1.24 bits per heavy atom. The second-order valence-corrected chi connectivity index (χ2v) is 8.71. The summed E-state index contributed by atoms with van der Waals surface area (Å²) in [5.41, 5.74) is 3.30. The molecule has 6 nitrogen and oxygen atoms in total. The van der Waals surface area contributed by atoms with E-state index in [1.807, 2.05) is 18.2 Å². The summed E-state index contributed by atoms with van der Waals surface area (Å²) in [5.74, 6) is -0.790. The molecule has 2 aromatic heterocycles. The van der Waals surface area contributed by atoms with Gasteiger partial charge in [-0.05, 0) is 29.8 Å². The van der Waals surface area contributed by atoms with Crippen LogP contribution in [-0.4, -0.2) is 41.7 Å². The third-order valence-electron chi connectivity index (χ3n) is 6.11. The standard InChI is InChI=1S/C26H24ClFN4O2/c27-20-14-31-22-12-21(28)18(10-19(20)22)13-32-26(33)17-6-7-29-23(11-17)25(16-4-2-1-3-5-16)24-15-34-9-8-30-24/h1-7,10-12,14,24-25,30-31H,8-9,13,15H2,(H,32,33). The van der Waals surface area contributed by atoms with E-state index in [4.69, 9.17) is 16.3 Å². The van der Waals surface area contributed by atoms with Gasteiger partial charge in [-0.2, -0.15) is 0 Å². The molecule has 1 amide bonds. The maximum Gasteiger partial charge on any atom is 0.251 e. The van der Waals surface area contributed by atoms with Crippen LogP contribution in [0.2, 0.25) is 5.02 Å². The van der Waals surface area contributed by atoms with E-state index in [1.54, 1.807) is 30.6 Å². The summed E-state index contributed by atoms with van der Waals surface area (Å²) in [6, 6.07) is 16.6. The number of nitrogens with one attached hydrogen (secondary N) is 3. The zero-order valence-electron chi connectivity index (χ0n) is 18.4. The van der Waals surface area contributed by atoms with Gasteiger partial charge in [-0.15, -0.1) is 0 Å². The van der Waals surface area contributed by atoms with Gasteiger partial charge < -0.3 is 20.4 Å². The second-order valence-electron chi connectivity index (χ2n) is 8.30. The van der Waals surface area contributed by atoms with Crippen LogP contribution >= 0.6 is 11.6 Å². The number of rotatable bonds is 6. The maximum absolute atomic E-state index is 14.5. The van der Waals surface area contributed by atoms with Crippen molar-refractivity contribution in [2.45, 2.75) is 18.5 Å². The van der Waals surface area contributed by atoms with Gasteiger partial charge in [0.25, 0.3) is 5.91 Å². The number of hydrogen-bond donors (Lipinski definition) is 3. The fourth-order valence-electron chi connectivity index (χ4n) is 4.40. The van der Waals surface area contributed by atoms with E-state index in [9.17, 15) is 9.18 Å². The largest absolute Gasteiger partial charge is 0.378 e. The molecule has 1 fully saturated rings. The lowest BCUT2D eigenvalue weighted by molar-refractivity contribution is 0.0714. The van der Waals surface area contributed by atoms with E-state index < -0.39 is 5.82 Å². The zero-order chi connectivity index (χ0) is 23.5. The van der Waals surface area contributed by atoms with E-state index in [-0.39, 0.29) is 24.4 Å². The number of halogens is 2. The molecule has 3 heterocycles. The summed E-state index contributed by atoms with van der Waals surface area (Å²) in [6.07, 6.45) is 3.25. The lowest BCUT2D eigenvalue weighted by atomic mass is 9.87. The summed E-state index contributed by atoms with van der Waals surface area (Å²) < 4.78 is 20.2. The molecule has 2 unspecified atom stereocenters. The van der Waals surface area contributed by atoms with Crippen molar-refractivity contribution in [2.24, 2.45) is 0 Å². The number of fused-ring (bicyclic) bond motifs is 1. The molecule has 0 saturated carbocycles. The molecule has 4 aromatic rings. The normalized spacial score (nSPS) is 16.9. The third kappa shape index (κ3) is 4.68. The van der Waals surface area contributed by atoms with Crippen LogP contribution in [0.5, 0.6) is 0 Å². The molecule has 2 aromatic carbocycles. The Kier molecular flexibility index (Phi) is 6.58. The molecule has 0 bridgehead atoms. The van der Waals surface area contributed by atoms with Crippen molar-refractivity contribution in [2.75, 3.05) is 19.8 Å². The molecule has 0 aliphatic carbocycles. The zero-order valence-corrected chi connectivity index (χ0v) is 19.1. The molecule has 1 aliphatic heterocycles. The maximum atomic E-state index is 14.5. The van der Waals surface area contributed by atoms with Gasteiger partial charge in [0.1, 0.15) is 5.82 Å². The number of nitrogens with zero attached hydrogens (tertiary/aromatic N) is 1. The van der Waals surface area contributed by atoms with Crippen LogP contribution in [0, 0.1) is 5.82 Å². The number of ether oxygens (including phenoxy) is 1. The van der Waals surface area contributed by atoms with Crippen LogP contribution in [0.1, 0.15) is 33.1 Å². The van der Waals surface area contributed by atoms with Crippen molar-refractivity contribution in [3.05, 3.63) is 100 Å². The number of carbonyl (C=O) groups excluding carboxylic acids is 1. The second kappa shape index (κ2) is 9.93. The molecule has 174 valence electrons. The Balaban J connectivity index is 1.37. The number of morpholine rings is 1. The topological polar surface area (TPSA) is 79.0 Å². The van der Waals surface area contributed by atoms with Crippen LogP contribution in [0.25, 0.3) is 10.9 Å². The summed E-state index contributed by atoms with van der Waals surface area (Å²) in [6.45, 7) is 2.03.